The number of benzene rings is 1. The van der Waals surface area contributed by atoms with E-state index >= 15 is 0 Å². The highest BCUT2D eigenvalue weighted by molar-refractivity contribution is 6.07. The number of ether oxygens (including phenoxy) is 1. The van der Waals surface area contributed by atoms with Gasteiger partial charge in [0.15, 0.2) is 5.65 Å². The van der Waals surface area contributed by atoms with Crippen molar-refractivity contribution in [2.45, 2.75) is 6.36 Å². The Balaban J connectivity index is 1.70. The number of halogens is 4. The zero-order valence-electron chi connectivity index (χ0n) is 14.9. The SMILES string of the molecule is O=C(Nc1ccc(F)cn1)c1cnn2ccc(-c3ccccc3OC(F)(F)F)nc12. The second kappa shape index (κ2) is 7.43. The normalized spacial score (nSPS) is 11.5. The maximum absolute atomic E-state index is 13.0. The molecular weight excluding hydrogens is 406 g/mol. The Bertz CT molecular complexity index is 1220. The third-order valence-electron chi connectivity index (χ3n) is 3.97. The van der Waals surface area contributed by atoms with E-state index in [1.54, 1.807) is 0 Å². The first-order chi connectivity index (χ1) is 14.3. The number of pyridine rings is 1. The van der Waals surface area contributed by atoms with E-state index in [1.807, 2.05) is 0 Å². The number of carbonyl (C=O) groups is 1. The van der Waals surface area contributed by atoms with E-state index in [0.29, 0.717) is 0 Å². The van der Waals surface area contributed by atoms with Crippen LogP contribution in [-0.2, 0) is 0 Å². The standard InChI is InChI=1S/C19H11F4N5O2/c20-11-5-6-16(24-9-11)27-18(29)13-10-25-28-8-7-14(26-17(13)28)12-3-1-2-4-15(12)30-19(21,22)23/h1-10H,(H,24,27,29). The first-order valence-electron chi connectivity index (χ1n) is 8.42. The van der Waals surface area contributed by atoms with Gasteiger partial charge >= 0.3 is 6.36 Å². The Kier molecular flexibility index (Phi) is 4.78. The van der Waals surface area contributed by atoms with Crippen molar-refractivity contribution < 1.29 is 27.1 Å². The Morgan fingerprint density at radius 1 is 1.07 bits per heavy atom. The fourth-order valence-corrected chi connectivity index (χ4v) is 2.70. The molecule has 3 heterocycles. The van der Waals surface area contributed by atoms with Gasteiger partial charge in [-0.3, -0.25) is 4.79 Å². The van der Waals surface area contributed by atoms with Crippen molar-refractivity contribution in [2.24, 2.45) is 0 Å². The summed E-state index contributed by atoms with van der Waals surface area (Å²) in [5.74, 6) is -1.49. The lowest BCUT2D eigenvalue weighted by Crippen LogP contribution is -2.17. The monoisotopic (exact) mass is 417 g/mol. The molecule has 152 valence electrons. The molecule has 1 N–H and O–H groups in total. The zero-order chi connectivity index (χ0) is 21.3. The van der Waals surface area contributed by atoms with Crippen LogP contribution >= 0.6 is 0 Å². The number of hydrogen-bond donors (Lipinski definition) is 1. The molecule has 0 spiro atoms. The number of fused-ring (bicyclic) bond motifs is 1. The molecule has 4 aromatic rings. The fourth-order valence-electron chi connectivity index (χ4n) is 2.70. The number of aromatic nitrogens is 4. The summed E-state index contributed by atoms with van der Waals surface area (Å²) in [5.41, 5.74) is 0.396. The van der Waals surface area contributed by atoms with Gasteiger partial charge < -0.3 is 10.1 Å². The average molecular weight is 417 g/mol. The molecule has 1 aromatic carbocycles. The summed E-state index contributed by atoms with van der Waals surface area (Å²) < 4.78 is 56.4. The van der Waals surface area contributed by atoms with Gasteiger partial charge in [0.1, 0.15) is 22.9 Å². The van der Waals surface area contributed by atoms with Crippen LogP contribution in [0.1, 0.15) is 10.4 Å². The number of hydrogen-bond acceptors (Lipinski definition) is 5. The van der Waals surface area contributed by atoms with Crippen LogP contribution in [0.4, 0.5) is 23.4 Å². The van der Waals surface area contributed by atoms with Gasteiger partial charge in [0.2, 0.25) is 0 Å². The van der Waals surface area contributed by atoms with Gasteiger partial charge in [-0.05, 0) is 30.3 Å². The Morgan fingerprint density at radius 2 is 1.87 bits per heavy atom. The number of rotatable bonds is 4. The van der Waals surface area contributed by atoms with Gasteiger partial charge in [0, 0.05) is 11.8 Å². The van der Waals surface area contributed by atoms with E-state index in [9.17, 15) is 22.4 Å². The van der Waals surface area contributed by atoms with E-state index in [4.69, 9.17) is 0 Å². The van der Waals surface area contributed by atoms with Crippen LogP contribution in [0.15, 0.2) is 61.1 Å². The van der Waals surface area contributed by atoms with Gasteiger partial charge in [-0.2, -0.15) is 5.10 Å². The summed E-state index contributed by atoms with van der Waals surface area (Å²) in [6.45, 7) is 0. The summed E-state index contributed by atoms with van der Waals surface area (Å²) in [7, 11) is 0. The number of carbonyl (C=O) groups excluding carboxylic acids is 1. The molecule has 0 bridgehead atoms. The maximum atomic E-state index is 13.0. The molecule has 1 amide bonds. The van der Waals surface area contributed by atoms with Crippen molar-refractivity contribution in [2.75, 3.05) is 5.32 Å². The quantitative estimate of drug-likeness (QED) is 0.506. The van der Waals surface area contributed by atoms with Crippen molar-refractivity contribution in [3.63, 3.8) is 0 Å². The lowest BCUT2D eigenvalue weighted by Gasteiger charge is -2.13. The fraction of sp³-hybridized carbons (Fsp3) is 0.0526. The van der Waals surface area contributed by atoms with E-state index in [2.05, 4.69) is 25.1 Å². The minimum Gasteiger partial charge on any atom is -0.405 e. The largest absolute Gasteiger partial charge is 0.573 e. The first-order valence-corrected chi connectivity index (χ1v) is 8.42. The summed E-state index contributed by atoms with van der Waals surface area (Å²) in [6, 6.07) is 9.37. The Labute approximate surface area is 166 Å². The molecular formula is C19H11F4N5O2. The van der Waals surface area contributed by atoms with E-state index in [-0.39, 0.29) is 28.3 Å². The van der Waals surface area contributed by atoms with Gasteiger partial charge in [0.05, 0.1) is 18.1 Å². The second-order valence-corrected chi connectivity index (χ2v) is 6.00. The Hall–Kier alpha value is -4.02. The van der Waals surface area contributed by atoms with Crippen LogP contribution in [-0.4, -0.2) is 31.9 Å². The van der Waals surface area contributed by atoms with Crippen molar-refractivity contribution in [1.82, 2.24) is 19.6 Å². The van der Waals surface area contributed by atoms with Gasteiger partial charge in [-0.15, -0.1) is 13.2 Å². The summed E-state index contributed by atoms with van der Waals surface area (Å²) in [5, 5.41) is 6.50. The van der Waals surface area contributed by atoms with Crippen LogP contribution < -0.4 is 10.1 Å². The first kappa shape index (κ1) is 19.3. The topological polar surface area (TPSA) is 81.4 Å². The second-order valence-electron chi connectivity index (χ2n) is 6.00. The highest BCUT2D eigenvalue weighted by Gasteiger charge is 2.32. The average Bonchev–Trinajstić information content (AvgIpc) is 3.12. The summed E-state index contributed by atoms with van der Waals surface area (Å²) in [4.78, 5) is 20.6. The van der Waals surface area contributed by atoms with Crippen LogP contribution in [0.2, 0.25) is 0 Å². The smallest absolute Gasteiger partial charge is 0.405 e. The molecule has 0 atom stereocenters. The van der Waals surface area contributed by atoms with Crippen molar-refractivity contribution in [3.8, 4) is 17.0 Å². The molecule has 0 aliphatic rings. The number of amides is 1. The van der Waals surface area contributed by atoms with E-state index < -0.39 is 23.8 Å². The molecule has 0 fully saturated rings. The molecule has 0 aliphatic heterocycles. The summed E-state index contributed by atoms with van der Waals surface area (Å²) in [6.07, 6.45) is -1.22. The number of anilines is 1. The minimum absolute atomic E-state index is 0.0530. The minimum atomic E-state index is -4.87. The van der Waals surface area contributed by atoms with Crippen molar-refractivity contribution in [1.29, 1.82) is 0 Å². The lowest BCUT2D eigenvalue weighted by molar-refractivity contribution is -0.274. The zero-order valence-corrected chi connectivity index (χ0v) is 14.9. The van der Waals surface area contributed by atoms with Crippen LogP contribution in [0.5, 0.6) is 5.75 Å². The molecule has 0 saturated heterocycles. The van der Waals surface area contributed by atoms with Gasteiger partial charge in [0.25, 0.3) is 5.91 Å². The molecule has 4 rings (SSSR count). The summed E-state index contributed by atoms with van der Waals surface area (Å²) >= 11 is 0. The number of nitrogens with zero attached hydrogens (tertiary/aromatic N) is 4. The predicted octanol–water partition coefficient (Wildman–Crippen LogP) is 4.08. The maximum Gasteiger partial charge on any atom is 0.573 e. The van der Waals surface area contributed by atoms with Gasteiger partial charge in [-0.1, -0.05) is 12.1 Å². The molecule has 0 unspecified atom stereocenters. The third kappa shape index (κ3) is 4.04. The highest BCUT2D eigenvalue weighted by atomic mass is 19.4. The number of para-hydroxylation sites is 1. The molecule has 0 radical (unpaired) electrons. The van der Waals surface area contributed by atoms with Crippen molar-refractivity contribution in [3.05, 3.63) is 72.4 Å². The highest BCUT2D eigenvalue weighted by Crippen LogP contribution is 2.33. The van der Waals surface area contributed by atoms with Crippen LogP contribution in [0.25, 0.3) is 16.9 Å². The molecule has 11 heteroatoms. The number of nitrogens with one attached hydrogen (secondary N) is 1. The molecule has 0 aliphatic carbocycles. The van der Waals surface area contributed by atoms with E-state index in [0.717, 1.165) is 12.3 Å². The van der Waals surface area contributed by atoms with E-state index in [1.165, 1.54) is 53.3 Å². The molecule has 0 saturated carbocycles. The molecule has 30 heavy (non-hydrogen) atoms. The molecule has 3 aromatic heterocycles. The van der Waals surface area contributed by atoms with Crippen molar-refractivity contribution >= 4 is 17.4 Å². The van der Waals surface area contributed by atoms with Gasteiger partial charge in [-0.25, -0.2) is 18.9 Å². The number of alkyl halides is 3. The Morgan fingerprint density at radius 3 is 2.60 bits per heavy atom. The third-order valence-corrected chi connectivity index (χ3v) is 3.97. The lowest BCUT2D eigenvalue weighted by atomic mass is 10.1. The predicted molar refractivity (Wildman–Crippen MR) is 97.3 cm³/mol. The van der Waals surface area contributed by atoms with Crippen LogP contribution in [0, 0.1) is 5.82 Å². The van der Waals surface area contributed by atoms with Crippen LogP contribution in [0.3, 0.4) is 0 Å². The molecule has 7 nitrogen and oxygen atoms in total.